The molecule has 1 heterocycles. The predicted molar refractivity (Wildman–Crippen MR) is 88.9 cm³/mol. The first-order valence-electron chi connectivity index (χ1n) is 7.88. The van der Waals surface area contributed by atoms with Crippen LogP contribution < -0.4 is 4.31 Å². The predicted octanol–water partition coefficient (Wildman–Crippen LogP) is 2.36. The van der Waals surface area contributed by atoms with Gasteiger partial charge in [0, 0.05) is 18.0 Å². The van der Waals surface area contributed by atoms with Crippen molar-refractivity contribution in [2.24, 2.45) is 0 Å². The third-order valence-electron chi connectivity index (χ3n) is 4.61. The van der Waals surface area contributed by atoms with Crippen LogP contribution in [-0.4, -0.2) is 38.4 Å². The molecule has 1 aliphatic heterocycles. The number of amides is 1. The van der Waals surface area contributed by atoms with Crippen molar-refractivity contribution in [1.82, 2.24) is 4.90 Å². The summed E-state index contributed by atoms with van der Waals surface area (Å²) in [5.41, 5.74) is 0.610. The first-order valence-corrected chi connectivity index (χ1v) is 9.32. The van der Waals surface area contributed by atoms with Crippen LogP contribution in [0.1, 0.15) is 19.8 Å². The van der Waals surface area contributed by atoms with Crippen LogP contribution in [0.4, 0.5) is 5.69 Å². The molecule has 0 radical (unpaired) electrons. The number of sulfonamides is 1. The maximum absolute atomic E-state index is 12.9. The van der Waals surface area contributed by atoms with Gasteiger partial charge in [-0.25, -0.2) is 8.42 Å². The highest BCUT2D eigenvalue weighted by Gasteiger charge is 2.39. The number of nitrogens with zero attached hydrogens (tertiary/aromatic N) is 2. The van der Waals surface area contributed by atoms with Crippen molar-refractivity contribution < 1.29 is 13.2 Å². The molecule has 23 heavy (non-hydrogen) atoms. The smallest absolute Gasteiger partial charge is 0.265 e. The summed E-state index contributed by atoms with van der Waals surface area (Å²) in [5, 5.41) is 1.60. The normalized spacial score (nSPS) is 18.4. The van der Waals surface area contributed by atoms with Gasteiger partial charge in [-0.1, -0.05) is 24.3 Å². The van der Waals surface area contributed by atoms with E-state index in [0.29, 0.717) is 17.1 Å². The molecule has 2 aromatic rings. The number of benzene rings is 2. The number of likely N-dealkylation sites (N-methyl/N-ethyl adjacent to an activating group) is 1. The highest BCUT2D eigenvalue weighted by molar-refractivity contribution is 7.93. The lowest BCUT2D eigenvalue weighted by molar-refractivity contribution is -0.129. The summed E-state index contributed by atoms with van der Waals surface area (Å²) in [7, 11) is -3.65. The Hall–Kier alpha value is -2.08. The van der Waals surface area contributed by atoms with Gasteiger partial charge in [-0.2, -0.15) is 0 Å². The molecule has 2 aromatic carbocycles. The molecule has 2 aliphatic rings. The lowest BCUT2D eigenvalue weighted by atomic mass is 10.1. The van der Waals surface area contributed by atoms with E-state index in [9.17, 15) is 13.2 Å². The van der Waals surface area contributed by atoms with Crippen LogP contribution in [0.2, 0.25) is 0 Å². The van der Waals surface area contributed by atoms with E-state index in [1.165, 1.54) is 4.31 Å². The molecule has 4 rings (SSSR count). The van der Waals surface area contributed by atoms with Gasteiger partial charge < -0.3 is 4.90 Å². The van der Waals surface area contributed by atoms with Crippen molar-refractivity contribution in [2.75, 3.05) is 17.4 Å². The molecule has 1 amide bonds. The molecule has 5 nitrogen and oxygen atoms in total. The van der Waals surface area contributed by atoms with Gasteiger partial charge in [0.1, 0.15) is 6.54 Å². The number of anilines is 1. The third kappa shape index (κ3) is 2.12. The summed E-state index contributed by atoms with van der Waals surface area (Å²) < 4.78 is 27.0. The maximum atomic E-state index is 12.9. The van der Waals surface area contributed by atoms with Crippen LogP contribution in [0, 0.1) is 0 Å². The summed E-state index contributed by atoms with van der Waals surface area (Å²) in [6, 6.07) is 11.0. The van der Waals surface area contributed by atoms with E-state index in [-0.39, 0.29) is 18.5 Å². The molecule has 0 unspecified atom stereocenters. The minimum atomic E-state index is -3.65. The van der Waals surface area contributed by atoms with Crippen molar-refractivity contribution in [3.05, 3.63) is 36.4 Å². The molecule has 1 aliphatic carbocycles. The van der Waals surface area contributed by atoms with Crippen molar-refractivity contribution in [2.45, 2.75) is 30.7 Å². The van der Waals surface area contributed by atoms with Crippen LogP contribution in [0.25, 0.3) is 10.8 Å². The average molecular weight is 330 g/mol. The summed E-state index contributed by atoms with van der Waals surface area (Å²) >= 11 is 0. The van der Waals surface area contributed by atoms with Crippen LogP contribution >= 0.6 is 0 Å². The van der Waals surface area contributed by atoms with Gasteiger partial charge in [-0.15, -0.1) is 0 Å². The monoisotopic (exact) mass is 330 g/mol. The molecule has 0 bridgehead atoms. The van der Waals surface area contributed by atoms with Crippen LogP contribution in [0.3, 0.4) is 0 Å². The topological polar surface area (TPSA) is 57.7 Å². The quantitative estimate of drug-likeness (QED) is 0.865. The molecule has 0 atom stereocenters. The van der Waals surface area contributed by atoms with Crippen molar-refractivity contribution in [3.63, 3.8) is 0 Å². The molecule has 120 valence electrons. The second-order valence-corrected chi connectivity index (χ2v) is 7.88. The second kappa shape index (κ2) is 4.96. The maximum Gasteiger partial charge on any atom is 0.265 e. The highest BCUT2D eigenvalue weighted by Crippen LogP contribution is 2.42. The van der Waals surface area contributed by atoms with Gasteiger partial charge in [0.15, 0.2) is 0 Å². The van der Waals surface area contributed by atoms with Crippen molar-refractivity contribution >= 4 is 32.4 Å². The zero-order chi connectivity index (χ0) is 16.2. The lowest BCUT2D eigenvalue weighted by Crippen LogP contribution is -2.42. The molecular formula is C17H18N2O3S. The van der Waals surface area contributed by atoms with Crippen molar-refractivity contribution in [3.8, 4) is 0 Å². The van der Waals surface area contributed by atoms with Crippen LogP contribution in [-0.2, 0) is 14.8 Å². The highest BCUT2D eigenvalue weighted by atomic mass is 32.2. The number of hydrogen-bond acceptors (Lipinski definition) is 3. The van der Waals surface area contributed by atoms with Gasteiger partial charge in [0.2, 0.25) is 5.91 Å². The number of carbonyl (C=O) groups is 1. The van der Waals surface area contributed by atoms with E-state index in [2.05, 4.69) is 0 Å². The van der Waals surface area contributed by atoms with E-state index in [1.54, 1.807) is 23.1 Å². The lowest BCUT2D eigenvalue weighted by Gasteiger charge is -2.25. The van der Waals surface area contributed by atoms with Gasteiger partial charge in [0.25, 0.3) is 10.0 Å². The van der Waals surface area contributed by atoms with Crippen LogP contribution in [0.5, 0.6) is 0 Å². The fourth-order valence-corrected chi connectivity index (χ4v) is 5.03. The number of carbonyl (C=O) groups excluding carboxylic acids is 1. The molecule has 0 saturated heterocycles. The van der Waals surface area contributed by atoms with E-state index >= 15 is 0 Å². The molecule has 0 spiro atoms. The molecule has 1 saturated carbocycles. The standard InChI is InChI=1S/C17H18N2O3S/c1-2-18(13-9-10-13)16(20)11-19-14-7-3-5-12-6-4-8-15(17(12)14)23(19,21)22/h3-8,13H,2,9-11H2,1H3. The molecule has 0 aromatic heterocycles. The first-order chi connectivity index (χ1) is 11.0. The minimum Gasteiger partial charge on any atom is -0.338 e. The Morgan fingerprint density at radius 1 is 1.22 bits per heavy atom. The Morgan fingerprint density at radius 3 is 2.57 bits per heavy atom. The fraction of sp³-hybridized carbons (Fsp3) is 0.353. The minimum absolute atomic E-state index is 0.122. The Morgan fingerprint density at radius 2 is 1.91 bits per heavy atom. The van der Waals surface area contributed by atoms with E-state index in [1.807, 2.05) is 25.1 Å². The zero-order valence-corrected chi connectivity index (χ0v) is 13.7. The molecule has 1 fully saturated rings. The molecular weight excluding hydrogens is 312 g/mol. The summed E-state index contributed by atoms with van der Waals surface area (Å²) in [5.74, 6) is -0.122. The van der Waals surface area contributed by atoms with Gasteiger partial charge in [-0.05, 0) is 37.3 Å². The fourth-order valence-electron chi connectivity index (χ4n) is 3.37. The van der Waals surface area contributed by atoms with Crippen LogP contribution in [0.15, 0.2) is 41.3 Å². The average Bonchev–Trinajstić information content (AvgIpc) is 3.33. The van der Waals surface area contributed by atoms with Gasteiger partial charge in [0.05, 0.1) is 10.6 Å². The van der Waals surface area contributed by atoms with E-state index < -0.39 is 10.0 Å². The Labute approximate surface area is 135 Å². The Bertz CT molecular complexity index is 898. The summed E-state index contributed by atoms with van der Waals surface area (Å²) in [6.45, 7) is 2.43. The van der Waals surface area contributed by atoms with Crippen molar-refractivity contribution in [1.29, 1.82) is 0 Å². The Kier molecular flexibility index (Phi) is 3.13. The van der Waals surface area contributed by atoms with E-state index in [0.717, 1.165) is 23.6 Å². The number of rotatable bonds is 4. The zero-order valence-electron chi connectivity index (χ0n) is 12.9. The third-order valence-corrected chi connectivity index (χ3v) is 6.41. The summed E-state index contributed by atoms with van der Waals surface area (Å²) in [4.78, 5) is 14.7. The van der Waals surface area contributed by atoms with Gasteiger partial charge in [-0.3, -0.25) is 9.10 Å². The molecule has 0 N–H and O–H groups in total. The van der Waals surface area contributed by atoms with E-state index in [4.69, 9.17) is 0 Å². The summed E-state index contributed by atoms with van der Waals surface area (Å²) in [6.07, 6.45) is 2.03. The number of hydrogen-bond donors (Lipinski definition) is 0. The first kappa shape index (κ1) is 14.5. The van der Waals surface area contributed by atoms with Gasteiger partial charge >= 0.3 is 0 Å². The second-order valence-electron chi connectivity index (χ2n) is 6.05. The largest absolute Gasteiger partial charge is 0.338 e. The molecule has 6 heteroatoms. The SMILES string of the molecule is CCN(C(=O)CN1c2cccc3cccc(c23)S1(=O)=O)C1CC1. The Balaban J connectivity index is 1.76.